The van der Waals surface area contributed by atoms with Crippen molar-refractivity contribution in [3.63, 3.8) is 0 Å². The minimum Gasteiger partial charge on any atom is -0.455 e. The van der Waals surface area contributed by atoms with Crippen LogP contribution in [0.15, 0.2) is 199 Å². The summed E-state index contributed by atoms with van der Waals surface area (Å²) in [6, 6.07) is 58.4. The highest BCUT2D eigenvalue weighted by Crippen LogP contribution is 2.46. The summed E-state index contributed by atoms with van der Waals surface area (Å²) in [6.45, 7) is 0. The van der Waals surface area contributed by atoms with E-state index in [4.69, 9.17) is 19.4 Å². The average Bonchev–Trinajstić information content (AvgIpc) is 3.87. The van der Waals surface area contributed by atoms with E-state index >= 15 is 0 Å². The van der Waals surface area contributed by atoms with Crippen LogP contribution >= 0.6 is 0 Å². The van der Waals surface area contributed by atoms with E-state index in [0.717, 1.165) is 88.7 Å². The summed E-state index contributed by atoms with van der Waals surface area (Å²) in [5.41, 5.74) is 12.1. The molecule has 0 unspecified atom stereocenters. The van der Waals surface area contributed by atoms with E-state index in [1.807, 2.05) is 36.4 Å². The van der Waals surface area contributed by atoms with Crippen molar-refractivity contribution in [2.75, 3.05) is 0 Å². The van der Waals surface area contributed by atoms with Gasteiger partial charge in [0.25, 0.3) is 0 Å². The van der Waals surface area contributed by atoms with Crippen LogP contribution in [0.4, 0.5) is 0 Å². The van der Waals surface area contributed by atoms with Gasteiger partial charge in [-0.3, -0.25) is 9.97 Å². The number of rotatable bonds is 7. The number of hydrogen-bond acceptors (Lipinski definition) is 6. The molecule has 58 heavy (non-hydrogen) atoms. The van der Waals surface area contributed by atoms with E-state index in [1.54, 1.807) is 24.8 Å². The van der Waals surface area contributed by atoms with Gasteiger partial charge >= 0.3 is 0 Å². The van der Waals surface area contributed by atoms with Crippen LogP contribution in [0, 0.1) is 0 Å². The lowest BCUT2D eigenvalue weighted by atomic mass is 9.98. The first-order valence-corrected chi connectivity index (χ1v) is 19.1. The van der Waals surface area contributed by atoms with Crippen molar-refractivity contribution in [3.05, 3.63) is 195 Å². The number of fused-ring (bicyclic) bond motifs is 5. The Morgan fingerprint density at radius 2 is 0.862 bits per heavy atom. The van der Waals surface area contributed by atoms with E-state index in [0.29, 0.717) is 17.5 Å². The molecule has 0 amide bonds. The zero-order valence-corrected chi connectivity index (χ0v) is 31.1. The molecule has 6 aromatic carbocycles. The Kier molecular flexibility index (Phi) is 8.00. The third-order valence-corrected chi connectivity index (χ3v) is 10.7. The molecule has 0 atom stereocenters. The summed E-state index contributed by atoms with van der Waals surface area (Å²) in [5.74, 6) is 2.63. The summed E-state index contributed by atoms with van der Waals surface area (Å²) >= 11 is 0. The van der Waals surface area contributed by atoms with Gasteiger partial charge in [0.05, 0.1) is 16.4 Å². The Balaban J connectivity index is 1.04. The largest absolute Gasteiger partial charge is 0.455 e. The van der Waals surface area contributed by atoms with Gasteiger partial charge in [0, 0.05) is 69.1 Å². The van der Waals surface area contributed by atoms with Crippen LogP contribution in [-0.2, 0) is 0 Å². The van der Waals surface area contributed by atoms with Crippen molar-refractivity contribution in [2.24, 2.45) is 0 Å². The van der Waals surface area contributed by atoms with Gasteiger partial charge in [0.1, 0.15) is 11.3 Å². The maximum Gasteiger partial charge on any atom is 0.164 e. The van der Waals surface area contributed by atoms with Crippen LogP contribution in [0.2, 0.25) is 0 Å². The van der Waals surface area contributed by atoms with Crippen molar-refractivity contribution in [1.29, 1.82) is 0 Å². The monoisotopic (exact) mass is 744 g/mol. The van der Waals surface area contributed by atoms with Crippen molar-refractivity contribution in [3.8, 4) is 73.4 Å². The first-order valence-electron chi connectivity index (χ1n) is 19.1. The van der Waals surface area contributed by atoms with Gasteiger partial charge in [0.2, 0.25) is 0 Å². The highest BCUT2D eigenvalue weighted by atomic mass is 16.3. The topological polar surface area (TPSA) is 82.5 Å². The maximum atomic E-state index is 6.97. The molecule has 11 aromatic rings. The van der Waals surface area contributed by atoms with Crippen molar-refractivity contribution < 1.29 is 4.42 Å². The van der Waals surface area contributed by atoms with Gasteiger partial charge in [-0.15, -0.1) is 0 Å². The molecule has 7 nitrogen and oxygen atoms in total. The number of hydrogen-bond donors (Lipinski definition) is 0. The van der Waals surface area contributed by atoms with Gasteiger partial charge in [0.15, 0.2) is 17.5 Å². The standard InChI is InChI=1S/C51H32N6O/c1-3-9-35(10-4-1)45-42-23-24-44-46(48(42)58-47(45)36-11-5-2-6-12-36)41-13-7-8-14-43(41)57(44)40-21-19-38(20-22-40)50-54-49(55-51(56-50)39-27-31-53-32-28-39)37-17-15-33(16-18-37)34-25-29-52-30-26-34/h1-32H. The fraction of sp³-hybridized carbons (Fsp3) is 0. The molecule has 0 radical (unpaired) electrons. The minimum absolute atomic E-state index is 0.583. The molecule has 0 saturated carbocycles. The first kappa shape index (κ1) is 33.3. The third kappa shape index (κ3) is 5.72. The second-order valence-electron chi connectivity index (χ2n) is 14.1. The molecule has 5 aromatic heterocycles. The zero-order chi connectivity index (χ0) is 38.4. The Morgan fingerprint density at radius 3 is 1.50 bits per heavy atom. The summed E-state index contributed by atoms with van der Waals surface area (Å²) in [5, 5.41) is 3.29. The highest BCUT2D eigenvalue weighted by Gasteiger charge is 2.23. The molecule has 0 saturated heterocycles. The Bertz CT molecular complexity index is 3230. The van der Waals surface area contributed by atoms with Crippen LogP contribution in [0.5, 0.6) is 0 Å². The molecule has 0 aliphatic carbocycles. The van der Waals surface area contributed by atoms with Gasteiger partial charge in [-0.25, -0.2) is 15.0 Å². The molecule has 272 valence electrons. The van der Waals surface area contributed by atoms with Crippen molar-refractivity contribution in [2.45, 2.75) is 0 Å². The number of pyridine rings is 2. The molecule has 11 rings (SSSR count). The quantitative estimate of drug-likeness (QED) is 0.162. The SMILES string of the molecule is c1ccc(-c2oc3c(ccc4c3c3ccccc3n4-c3ccc(-c4nc(-c5ccncc5)nc(-c5ccc(-c6ccncc6)cc5)n4)cc3)c2-c2ccccc2)cc1. The van der Waals surface area contributed by atoms with E-state index < -0.39 is 0 Å². The Labute approximate surface area is 333 Å². The van der Waals surface area contributed by atoms with Crippen molar-refractivity contribution in [1.82, 2.24) is 29.5 Å². The van der Waals surface area contributed by atoms with Crippen LogP contribution in [0.3, 0.4) is 0 Å². The zero-order valence-electron chi connectivity index (χ0n) is 31.1. The smallest absolute Gasteiger partial charge is 0.164 e. The van der Waals surface area contributed by atoms with Crippen LogP contribution in [0.25, 0.3) is 106 Å². The second kappa shape index (κ2) is 13.9. The van der Waals surface area contributed by atoms with E-state index in [-0.39, 0.29) is 0 Å². The molecule has 0 spiro atoms. The van der Waals surface area contributed by atoms with Gasteiger partial charge < -0.3 is 8.98 Å². The molecule has 0 aliphatic heterocycles. The highest BCUT2D eigenvalue weighted by molar-refractivity contribution is 6.22. The fourth-order valence-corrected chi connectivity index (χ4v) is 7.95. The maximum absolute atomic E-state index is 6.97. The third-order valence-electron chi connectivity index (χ3n) is 10.7. The lowest BCUT2D eigenvalue weighted by Gasteiger charge is -2.11. The van der Waals surface area contributed by atoms with Crippen LogP contribution < -0.4 is 0 Å². The number of aromatic nitrogens is 6. The summed E-state index contributed by atoms with van der Waals surface area (Å²) < 4.78 is 9.28. The predicted molar refractivity (Wildman–Crippen MR) is 232 cm³/mol. The minimum atomic E-state index is 0.583. The molecular formula is C51H32N6O. The Hall–Kier alpha value is -8.03. The molecular weight excluding hydrogens is 713 g/mol. The molecule has 0 aliphatic rings. The van der Waals surface area contributed by atoms with E-state index in [2.05, 4.69) is 148 Å². The first-order chi connectivity index (χ1) is 28.8. The fourth-order valence-electron chi connectivity index (χ4n) is 7.95. The Morgan fingerprint density at radius 1 is 0.362 bits per heavy atom. The van der Waals surface area contributed by atoms with Gasteiger partial charge in [-0.1, -0.05) is 103 Å². The number of para-hydroxylation sites is 1. The van der Waals surface area contributed by atoms with E-state index in [1.165, 1.54) is 0 Å². The van der Waals surface area contributed by atoms with Gasteiger partial charge in [-0.2, -0.15) is 0 Å². The van der Waals surface area contributed by atoms with Gasteiger partial charge in [-0.05, 0) is 83.4 Å². The normalized spacial score (nSPS) is 11.4. The summed E-state index contributed by atoms with van der Waals surface area (Å²) in [6.07, 6.45) is 7.11. The summed E-state index contributed by atoms with van der Waals surface area (Å²) in [7, 11) is 0. The lowest BCUT2D eigenvalue weighted by Crippen LogP contribution is -2.00. The summed E-state index contributed by atoms with van der Waals surface area (Å²) in [4.78, 5) is 23.3. The van der Waals surface area contributed by atoms with Crippen LogP contribution in [0.1, 0.15) is 0 Å². The molecule has 0 N–H and O–H groups in total. The average molecular weight is 745 g/mol. The predicted octanol–water partition coefficient (Wildman–Crippen LogP) is 12.5. The molecule has 0 bridgehead atoms. The molecule has 7 heteroatoms. The molecule has 0 fully saturated rings. The number of furan rings is 1. The number of benzene rings is 6. The second-order valence-corrected chi connectivity index (χ2v) is 14.1. The molecule has 5 heterocycles. The van der Waals surface area contributed by atoms with Crippen molar-refractivity contribution >= 4 is 32.8 Å². The van der Waals surface area contributed by atoms with E-state index in [9.17, 15) is 0 Å². The number of nitrogens with zero attached hydrogens (tertiary/aromatic N) is 6. The van der Waals surface area contributed by atoms with Crippen LogP contribution in [-0.4, -0.2) is 29.5 Å². The lowest BCUT2D eigenvalue weighted by molar-refractivity contribution is 0.636.